The van der Waals surface area contributed by atoms with E-state index in [-0.39, 0.29) is 25.6 Å². The number of carbonyl (C=O) groups excluding carboxylic acids is 1. The Morgan fingerprint density at radius 1 is 1.41 bits per heavy atom. The summed E-state index contributed by atoms with van der Waals surface area (Å²) in [5.74, 6) is 0.284. The molecule has 0 unspecified atom stereocenters. The van der Waals surface area contributed by atoms with Gasteiger partial charge in [-0.15, -0.1) is 16.8 Å². The Bertz CT molecular complexity index is 636. The molecule has 2 rings (SSSR count). The second-order valence-electron chi connectivity index (χ2n) is 4.86. The lowest BCUT2D eigenvalue weighted by molar-refractivity contribution is -0.132. The number of aliphatic hydroxyl groups excluding tert-OH is 1. The number of aromatic nitrogens is 4. The fraction of sp³-hybridized carbons (Fsp3) is 0.333. The summed E-state index contributed by atoms with van der Waals surface area (Å²) >= 11 is 0. The van der Waals surface area contributed by atoms with E-state index < -0.39 is 0 Å². The van der Waals surface area contributed by atoms with E-state index >= 15 is 0 Å². The number of rotatable bonds is 7. The van der Waals surface area contributed by atoms with Crippen LogP contribution in [0.2, 0.25) is 0 Å². The van der Waals surface area contributed by atoms with Crippen molar-refractivity contribution in [2.24, 2.45) is 0 Å². The van der Waals surface area contributed by atoms with Crippen LogP contribution in [0.5, 0.6) is 0 Å². The van der Waals surface area contributed by atoms with Crippen molar-refractivity contribution in [1.82, 2.24) is 25.1 Å². The molecular weight excluding hydrogens is 282 g/mol. The lowest BCUT2D eigenvalue weighted by atomic mass is 10.1. The summed E-state index contributed by atoms with van der Waals surface area (Å²) in [6, 6.07) is 7.76. The molecule has 1 aromatic heterocycles. The molecular formula is C15H19N5O2. The van der Waals surface area contributed by atoms with Crippen LogP contribution in [0.25, 0.3) is 11.4 Å². The smallest absolute Gasteiger partial charge is 0.246 e. The number of nitrogens with zero attached hydrogens (tertiary/aromatic N) is 5. The van der Waals surface area contributed by atoms with Gasteiger partial charge in [0.2, 0.25) is 11.7 Å². The van der Waals surface area contributed by atoms with Crippen LogP contribution in [0.3, 0.4) is 0 Å². The quantitative estimate of drug-likeness (QED) is 0.759. The molecule has 2 aromatic rings. The van der Waals surface area contributed by atoms with Crippen molar-refractivity contribution in [3.8, 4) is 11.4 Å². The normalized spacial score (nSPS) is 10.5. The lowest BCUT2D eigenvalue weighted by Crippen LogP contribution is -2.36. The van der Waals surface area contributed by atoms with Crippen molar-refractivity contribution in [2.75, 3.05) is 19.7 Å². The number of aliphatic hydroxyl groups is 1. The minimum atomic E-state index is -0.193. The maximum Gasteiger partial charge on any atom is 0.246 e. The summed E-state index contributed by atoms with van der Waals surface area (Å²) in [6.07, 6.45) is 1.61. The molecule has 0 bridgehead atoms. The van der Waals surface area contributed by atoms with Gasteiger partial charge in [0.25, 0.3) is 0 Å². The largest absolute Gasteiger partial charge is 0.395 e. The van der Waals surface area contributed by atoms with Gasteiger partial charge in [-0.25, -0.2) is 0 Å². The SMILES string of the molecule is C=CCN(CCO)C(=O)Cn1nnc(-c2ccc(C)cc2)n1. The number of aryl methyl sites for hydroxylation is 1. The standard InChI is InChI=1S/C15H19N5O2/c1-3-8-19(9-10-21)14(22)11-20-17-15(16-18-20)13-6-4-12(2)5-7-13/h3-7,21H,1,8-11H2,2H3. The van der Waals surface area contributed by atoms with Crippen molar-refractivity contribution < 1.29 is 9.90 Å². The molecule has 0 spiro atoms. The molecule has 0 radical (unpaired) electrons. The summed E-state index contributed by atoms with van der Waals surface area (Å²) in [5, 5.41) is 21.0. The highest BCUT2D eigenvalue weighted by Crippen LogP contribution is 2.13. The highest BCUT2D eigenvalue weighted by molar-refractivity contribution is 5.76. The summed E-state index contributed by atoms with van der Waals surface area (Å²) in [7, 11) is 0. The number of amides is 1. The topological polar surface area (TPSA) is 84.1 Å². The van der Waals surface area contributed by atoms with E-state index in [1.165, 1.54) is 9.70 Å². The predicted molar refractivity (Wildman–Crippen MR) is 81.9 cm³/mol. The van der Waals surface area contributed by atoms with Gasteiger partial charge in [-0.1, -0.05) is 35.9 Å². The first-order valence-corrected chi connectivity index (χ1v) is 6.98. The van der Waals surface area contributed by atoms with E-state index in [0.29, 0.717) is 12.4 Å². The Balaban J connectivity index is 2.06. The Morgan fingerprint density at radius 2 is 2.14 bits per heavy atom. The molecule has 1 amide bonds. The summed E-state index contributed by atoms with van der Waals surface area (Å²) in [4.78, 5) is 14.9. The van der Waals surface area contributed by atoms with Crippen LogP contribution in [0.1, 0.15) is 5.56 Å². The monoisotopic (exact) mass is 301 g/mol. The Morgan fingerprint density at radius 3 is 2.77 bits per heavy atom. The molecule has 0 saturated carbocycles. The molecule has 116 valence electrons. The van der Waals surface area contributed by atoms with Gasteiger partial charge in [-0.05, 0) is 12.1 Å². The summed E-state index contributed by atoms with van der Waals surface area (Å²) in [6.45, 7) is 6.11. The van der Waals surface area contributed by atoms with Crippen molar-refractivity contribution >= 4 is 5.91 Å². The number of hydrogen-bond acceptors (Lipinski definition) is 5. The minimum Gasteiger partial charge on any atom is -0.395 e. The highest BCUT2D eigenvalue weighted by Gasteiger charge is 2.14. The van der Waals surface area contributed by atoms with Gasteiger partial charge in [-0.3, -0.25) is 4.79 Å². The zero-order valence-corrected chi connectivity index (χ0v) is 12.5. The highest BCUT2D eigenvalue weighted by atomic mass is 16.3. The van der Waals surface area contributed by atoms with E-state index in [9.17, 15) is 4.79 Å². The van der Waals surface area contributed by atoms with Crippen LogP contribution in [-0.2, 0) is 11.3 Å². The van der Waals surface area contributed by atoms with E-state index in [1.807, 2.05) is 31.2 Å². The van der Waals surface area contributed by atoms with Crippen LogP contribution in [-0.4, -0.2) is 55.8 Å². The Kier molecular flexibility index (Phi) is 5.37. The van der Waals surface area contributed by atoms with Crippen LogP contribution in [0, 0.1) is 6.92 Å². The summed E-state index contributed by atoms with van der Waals surface area (Å²) in [5.41, 5.74) is 2.00. The Labute approximate surface area is 128 Å². The molecule has 0 atom stereocenters. The molecule has 0 aliphatic heterocycles. The van der Waals surface area contributed by atoms with Gasteiger partial charge in [0.15, 0.2) is 0 Å². The average Bonchev–Trinajstić information content (AvgIpc) is 2.96. The number of carbonyl (C=O) groups is 1. The molecule has 1 heterocycles. The summed E-state index contributed by atoms with van der Waals surface area (Å²) < 4.78 is 0. The van der Waals surface area contributed by atoms with Crippen molar-refractivity contribution in [2.45, 2.75) is 13.5 Å². The molecule has 1 N–H and O–H groups in total. The molecule has 7 nitrogen and oxygen atoms in total. The Hall–Kier alpha value is -2.54. The number of benzene rings is 1. The van der Waals surface area contributed by atoms with Crippen LogP contribution >= 0.6 is 0 Å². The fourth-order valence-corrected chi connectivity index (χ4v) is 1.94. The first-order valence-electron chi connectivity index (χ1n) is 6.98. The van der Waals surface area contributed by atoms with Gasteiger partial charge >= 0.3 is 0 Å². The molecule has 0 aliphatic carbocycles. The zero-order chi connectivity index (χ0) is 15.9. The fourth-order valence-electron chi connectivity index (χ4n) is 1.94. The first-order chi connectivity index (χ1) is 10.6. The first kappa shape index (κ1) is 15.8. The van der Waals surface area contributed by atoms with E-state index in [1.54, 1.807) is 6.08 Å². The molecule has 0 saturated heterocycles. The van der Waals surface area contributed by atoms with Gasteiger partial charge < -0.3 is 10.0 Å². The predicted octanol–water partition coefficient (Wildman–Crippen LogP) is 0.655. The van der Waals surface area contributed by atoms with Crippen molar-refractivity contribution in [1.29, 1.82) is 0 Å². The maximum absolute atomic E-state index is 12.1. The van der Waals surface area contributed by atoms with Crippen LogP contribution < -0.4 is 0 Å². The van der Waals surface area contributed by atoms with E-state index in [2.05, 4.69) is 22.0 Å². The molecule has 22 heavy (non-hydrogen) atoms. The van der Waals surface area contributed by atoms with Gasteiger partial charge in [-0.2, -0.15) is 4.80 Å². The molecule has 0 aliphatic rings. The van der Waals surface area contributed by atoms with Gasteiger partial charge in [0.1, 0.15) is 6.54 Å². The van der Waals surface area contributed by atoms with Crippen molar-refractivity contribution in [3.05, 3.63) is 42.5 Å². The van der Waals surface area contributed by atoms with Crippen molar-refractivity contribution in [3.63, 3.8) is 0 Å². The molecule has 7 heteroatoms. The van der Waals surface area contributed by atoms with E-state index in [4.69, 9.17) is 5.11 Å². The minimum absolute atomic E-state index is 0.0211. The number of hydrogen-bond donors (Lipinski definition) is 1. The molecule has 1 aromatic carbocycles. The maximum atomic E-state index is 12.1. The van der Waals surface area contributed by atoms with Gasteiger partial charge in [0.05, 0.1) is 6.61 Å². The third kappa shape index (κ3) is 3.98. The third-order valence-corrected chi connectivity index (χ3v) is 3.11. The average molecular weight is 301 g/mol. The van der Waals surface area contributed by atoms with Crippen LogP contribution in [0.4, 0.5) is 0 Å². The third-order valence-electron chi connectivity index (χ3n) is 3.11. The number of tetrazole rings is 1. The second-order valence-corrected chi connectivity index (χ2v) is 4.86. The van der Waals surface area contributed by atoms with Crippen LogP contribution in [0.15, 0.2) is 36.9 Å². The van der Waals surface area contributed by atoms with E-state index in [0.717, 1.165) is 11.1 Å². The zero-order valence-electron chi connectivity index (χ0n) is 12.5. The van der Waals surface area contributed by atoms with Gasteiger partial charge in [0, 0.05) is 18.7 Å². The molecule has 0 fully saturated rings. The lowest BCUT2D eigenvalue weighted by Gasteiger charge is -2.19. The second kappa shape index (κ2) is 7.46.